The molecule has 0 saturated heterocycles. The van der Waals surface area contributed by atoms with Gasteiger partial charge in [-0.1, -0.05) is 48.0 Å². The maximum Gasteiger partial charge on any atom is 0.221 e. The van der Waals surface area contributed by atoms with Gasteiger partial charge >= 0.3 is 0 Å². The molecule has 24 heavy (non-hydrogen) atoms. The molecule has 0 spiro atoms. The summed E-state index contributed by atoms with van der Waals surface area (Å²) >= 11 is 7.52. The molecule has 122 valence electrons. The highest BCUT2D eigenvalue weighted by molar-refractivity contribution is 7.99. The van der Waals surface area contributed by atoms with Gasteiger partial charge in [-0.25, -0.2) is 0 Å². The average molecular weight is 356 g/mol. The largest absolute Gasteiger partial charge is 0.352 e. The van der Waals surface area contributed by atoms with Gasteiger partial charge in [0.05, 0.1) is 0 Å². The number of halogens is 1. The molecule has 0 atom stereocenters. The van der Waals surface area contributed by atoms with Crippen LogP contribution < -0.4 is 5.32 Å². The van der Waals surface area contributed by atoms with Crippen molar-refractivity contribution in [3.8, 4) is 0 Å². The van der Waals surface area contributed by atoms with Crippen LogP contribution in [0.5, 0.6) is 0 Å². The minimum atomic E-state index is 0.0737. The first kappa shape index (κ1) is 16.9. The van der Waals surface area contributed by atoms with E-state index in [0.29, 0.717) is 13.0 Å². The topological polar surface area (TPSA) is 29.1 Å². The van der Waals surface area contributed by atoms with E-state index in [1.807, 2.05) is 36.4 Å². The van der Waals surface area contributed by atoms with Crippen LogP contribution in [0.2, 0.25) is 5.02 Å². The highest BCUT2D eigenvalue weighted by atomic mass is 35.5. The molecular weight excluding hydrogens is 338 g/mol. The van der Waals surface area contributed by atoms with Gasteiger partial charge in [-0.3, -0.25) is 4.79 Å². The number of nitrogens with one attached hydrogen (secondary N) is 1. The van der Waals surface area contributed by atoms with Crippen molar-refractivity contribution < 1.29 is 4.79 Å². The lowest BCUT2D eigenvalue weighted by Gasteiger charge is -2.07. The fourth-order valence-corrected chi connectivity index (χ4v) is 3.41. The van der Waals surface area contributed by atoms with Crippen molar-refractivity contribution in [1.82, 2.24) is 5.32 Å². The summed E-state index contributed by atoms with van der Waals surface area (Å²) in [5.41, 5.74) is 1.12. The molecule has 3 aromatic rings. The van der Waals surface area contributed by atoms with E-state index in [4.69, 9.17) is 11.6 Å². The monoisotopic (exact) mass is 355 g/mol. The number of thioether (sulfide) groups is 1. The SMILES string of the molecule is O=C(CCSc1ccc(Cl)cc1)NCc1ccc2ccccc2c1. The molecule has 4 heteroatoms. The Morgan fingerprint density at radius 1 is 0.958 bits per heavy atom. The van der Waals surface area contributed by atoms with E-state index in [0.717, 1.165) is 21.2 Å². The van der Waals surface area contributed by atoms with Crippen molar-refractivity contribution in [3.05, 3.63) is 77.3 Å². The molecule has 1 N–H and O–H groups in total. The van der Waals surface area contributed by atoms with Crippen molar-refractivity contribution >= 4 is 40.0 Å². The molecular formula is C20H18ClNOS. The zero-order valence-electron chi connectivity index (χ0n) is 13.2. The highest BCUT2D eigenvalue weighted by Gasteiger charge is 2.03. The van der Waals surface area contributed by atoms with Crippen molar-refractivity contribution in [2.75, 3.05) is 5.75 Å². The smallest absolute Gasteiger partial charge is 0.221 e. The summed E-state index contributed by atoms with van der Waals surface area (Å²) < 4.78 is 0. The molecule has 0 fully saturated rings. The maximum absolute atomic E-state index is 12.0. The third-order valence-corrected chi connectivity index (χ3v) is 4.98. The van der Waals surface area contributed by atoms with Crippen molar-refractivity contribution in [1.29, 1.82) is 0 Å². The van der Waals surface area contributed by atoms with Gasteiger partial charge in [0, 0.05) is 28.6 Å². The number of carbonyl (C=O) groups is 1. The zero-order chi connectivity index (χ0) is 16.8. The Kier molecular flexibility index (Phi) is 5.78. The number of fused-ring (bicyclic) bond motifs is 1. The van der Waals surface area contributed by atoms with E-state index < -0.39 is 0 Å². The Hall–Kier alpha value is -1.97. The van der Waals surface area contributed by atoms with E-state index in [9.17, 15) is 4.79 Å². The van der Waals surface area contributed by atoms with E-state index >= 15 is 0 Å². The number of hydrogen-bond acceptors (Lipinski definition) is 2. The Bertz CT molecular complexity index is 832. The average Bonchev–Trinajstić information content (AvgIpc) is 2.61. The third-order valence-electron chi connectivity index (χ3n) is 3.72. The predicted octanol–water partition coefficient (Wildman–Crippen LogP) is 5.29. The van der Waals surface area contributed by atoms with Gasteiger partial charge in [-0.05, 0) is 46.7 Å². The Balaban J connectivity index is 1.45. The van der Waals surface area contributed by atoms with Crippen LogP contribution in [0.15, 0.2) is 71.6 Å². The Labute approximate surface area is 151 Å². The van der Waals surface area contributed by atoms with Crippen molar-refractivity contribution in [2.24, 2.45) is 0 Å². The number of hydrogen-bond donors (Lipinski definition) is 1. The van der Waals surface area contributed by atoms with Crippen molar-refractivity contribution in [2.45, 2.75) is 17.9 Å². The van der Waals surface area contributed by atoms with Crippen LogP contribution in [-0.2, 0) is 11.3 Å². The summed E-state index contributed by atoms with van der Waals surface area (Å²) in [6.45, 7) is 0.565. The summed E-state index contributed by atoms with van der Waals surface area (Å²) in [6, 6.07) is 22.2. The molecule has 2 nitrogen and oxygen atoms in total. The summed E-state index contributed by atoms with van der Waals surface area (Å²) in [4.78, 5) is 13.1. The fraction of sp³-hybridized carbons (Fsp3) is 0.150. The first-order chi connectivity index (χ1) is 11.7. The van der Waals surface area contributed by atoms with Crippen LogP contribution in [0.1, 0.15) is 12.0 Å². The first-order valence-corrected chi connectivity index (χ1v) is 9.20. The Morgan fingerprint density at radius 3 is 2.50 bits per heavy atom. The minimum absolute atomic E-state index is 0.0737. The van der Waals surface area contributed by atoms with Crippen LogP contribution in [0.25, 0.3) is 10.8 Å². The van der Waals surface area contributed by atoms with Gasteiger partial charge in [0.25, 0.3) is 0 Å². The van der Waals surface area contributed by atoms with Crippen LogP contribution >= 0.6 is 23.4 Å². The lowest BCUT2D eigenvalue weighted by molar-refractivity contribution is -0.120. The van der Waals surface area contributed by atoms with Gasteiger partial charge in [-0.2, -0.15) is 0 Å². The normalized spacial score (nSPS) is 10.7. The zero-order valence-corrected chi connectivity index (χ0v) is 14.7. The molecule has 0 aliphatic carbocycles. The van der Waals surface area contributed by atoms with Gasteiger partial charge in [0.15, 0.2) is 0 Å². The van der Waals surface area contributed by atoms with E-state index in [1.165, 1.54) is 10.8 Å². The van der Waals surface area contributed by atoms with Crippen LogP contribution in [0.4, 0.5) is 0 Å². The summed E-state index contributed by atoms with van der Waals surface area (Å²) in [6.07, 6.45) is 0.501. The van der Waals surface area contributed by atoms with Gasteiger partial charge in [0.2, 0.25) is 5.91 Å². The molecule has 0 aromatic heterocycles. The highest BCUT2D eigenvalue weighted by Crippen LogP contribution is 2.21. The molecule has 1 amide bonds. The fourth-order valence-electron chi connectivity index (χ4n) is 2.43. The number of carbonyl (C=O) groups excluding carboxylic acids is 1. The van der Waals surface area contributed by atoms with E-state index in [2.05, 4.69) is 35.6 Å². The number of benzene rings is 3. The summed E-state index contributed by atoms with van der Waals surface area (Å²) in [5.74, 6) is 0.829. The molecule has 0 bridgehead atoms. The number of rotatable bonds is 6. The van der Waals surface area contributed by atoms with Crippen LogP contribution in [0, 0.1) is 0 Å². The summed E-state index contributed by atoms with van der Waals surface area (Å²) in [5, 5.41) is 6.13. The second-order valence-electron chi connectivity index (χ2n) is 5.51. The van der Waals surface area contributed by atoms with Crippen LogP contribution in [0.3, 0.4) is 0 Å². The lowest BCUT2D eigenvalue weighted by atomic mass is 10.1. The molecule has 3 rings (SSSR count). The molecule has 0 aliphatic heterocycles. The first-order valence-electron chi connectivity index (χ1n) is 7.83. The van der Waals surface area contributed by atoms with E-state index in [1.54, 1.807) is 11.8 Å². The number of amides is 1. The van der Waals surface area contributed by atoms with Gasteiger partial charge in [0.1, 0.15) is 0 Å². The molecule has 0 aliphatic rings. The standard InChI is InChI=1S/C20H18ClNOS/c21-18-7-9-19(10-8-18)24-12-11-20(23)22-14-15-5-6-16-3-1-2-4-17(16)13-15/h1-10,13H,11-12,14H2,(H,22,23). The minimum Gasteiger partial charge on any atom is -0.352 e. The second kappa shape index (κ2) is 8.22. The quantitative estimate of drug-likeness (QED) is 0.608. The lowest BCUT2D eigenvalue weighted by Crippen LogP contribution is -2.22. The van der Waals surface area contributed by atoms with Gasteiger partial charge < -0.3 is 5.32 Å². The summed E-state index contributed by atoms with van der Waals surface area (Å²) in [7, 11) is 0. The molecule has 0 saturated carbocycles. The van der Waals surface area contributed by atoms with E-state index in [-0.39, 0.29) is 5.91 Å². The molecule has 0 heterocycles. The second-order valence-corrected chi connectivity index (χ2v) is 7.12. The molecule has 3 aromatic carbocycles. The molecule has 0 radical (unpaired) electrons. The maximum atomic E-state index is 12.0. The molecule has 0 unspecified atom stereocenters. The van der Waals surface area contributed by atoms with Crippen molar-refractivity contribution in [3.63, 3.8) is 0 Å². The van der Waals surface area contributed by atoms with Gasteiger partial charge in [-0.15, -0.1) is 11.8 Å². The third kappa shape index (κ3) is 4.76. The predicted molar refractivity (Wildman–Crippen MR) is 103 cm³/mol. The Morgan fingerprint density at radius 2 is 1.71 bits per heavy atom. The van der Waals surface area contributed by atoms with Crippen LogP contribution in [-0.4, -0.2) is 11.7 Å².